The lowest BCUT2D eigenvalue weighted by Gasteiger charge is -2.25. The molecule has 6 nitrogen and oxygen atoms in total. The van der Waals surface area contributed by atoms with E-state index < -0.39 is 0 Å². The minimum Gasteiger partial charge on any atom is -0.486 e. The Labute approximate surface area is 141 Å². The lowest BCUT2D eigenvalue weighted by atomic mass is 10.0. The van der Waals surface area contributed by atoms with E-state index in [0.717, 1.165) is 36.8 Å². The van der Waals surface area contributed by atoms with Crippen molar-refractivity contribution in [3.8, 4) is 11.5 Å². The molecule has 0 saturated carbocycles. The monoisotopic (exact) mass is 329 g/mol. The van der Waals surface area contributed by atoms with Crippen LogP contribution in [-0.4, -0.2) is 34.8 Å². The van der Waals surface area contributed by atoms with Gasteiger partial charge < -0.3 is 14.0 Å². The molecule has 1 aromatic heterocycles. The van der Waals surface area contributed by atoms with E-state index in [0.29, 0.717) is 25.1 Å². The summed E-state index contributed by atoms with van der Waals surface area (Å²) in [6.45, 7) is 7.12. The van der Waals surface area contributed by atoms with Crippen LogP contribution in [0.15, 0.2) is 22.7 Å². The Bertz CT molecular complexity index is 713. The Morgan fingerprint density at radius 1 is 1.21 bits per heavy atom. The van der Waals surface area contributed by atoms with Gasteiger partial charge in [-0.1, -0.05) is 25.1 Å². The van der Waals surface area contributed by atoms with Gasteiger partial charge in [0.25, 0.3) is 0 Å². The molecule has 2 aliphatic heterocycles. The molecule has 128 valence electrons. The van der Waals surface area contributed by atoms with Gasteiger partial charge in [0.1, 0.15) is 13.2 Å². The van der Waals surface area contributed by atoms with E-state index in [-0.39, 0.29) is 5.92 Å². The van der Waals surface area contributed by atoms with Crippen LogP contribution >= 0.6 is 0 Å². The fourth-order valence-electron chi connectivity index (χ4n) is 3.41. The third-order valence-electron chi connectivity index (χ3n) is 4.64. The van der Waals surface area contributed by atoms with Gasteiger partial charge in [0.15, 0.2) is 17.3 Å². The smallest absolute Gasteiger partial charge is 0.229 e. The van der Waals surface area contributed by atoms with Crippen molar-refractivity contribution in [2.75, 3.05) is 19.8 Å². The minimum atomic E-state index is 0.262. The molecule has 0 bridgehead atoms. The van der Waals surface area contributed by atoms with Crippen LogP contribution in [0.3, 0.4) is 0 Å². The number of ether oxygens (including phenoxy) is 2. The molecule has 2 aliphatic rings. The van der Waals surface area contributed by atoms with Crippen LogP contribution in [0.5, 0.6) is 11.5 Å². The summed E-state index contributed by atoms with van der Waals surface area (Å²) < 4.78 is 16.7. The van der Waals surface area contributed by atoms with Crippen molar-refractivity contribution < 1.29 is 14.0 Å². The Morgan fingerprint density at radius 3 is 2.83 bits per heavy atom. The van der Waals surface area contributed by atoms with Crippen LogP contribution in [0.25, 0.3) is 0 Å². The average molecular weight is 329 g/mol. The van der Waals surface area contributed by atoms with Gasteiger partial charge in [-0.3, -0.25) is 4.90 Å². The van der Waals surface area contributed by atoms with Gasteiger partial charge in [0, 0.05) is 12.0 Å². The van der Waals surface area contributed by atoms with E-state index in [2.05, 4.69) is 41.0 Å². The highest BCUT2D eigenvalue weighted by Gasteiger charge is 2.28. The van der Waals surface area contributed by atoms with Gasteiger partial charge in [-0.15, -0.1) is 0 Å². The summed E-state index contributed by atoms with van der Waals surface area (Å²) in [6.07, 6.45) is 2.31. The molecule has 0 N–H and O–H groups in total. The van der Waals surface area contributed by atoms with E-state index in [1.165, 1.54) is 12.0 Å². The highest BCUT2D eigenvalue weighted by Crippen LogP contribution is 2.38. The fraction of sp³-hybridized carbons (Fsp3) is 0.556. The number of hydrogen-bond donors (Lipinski definition) is 0. The molecule has 2 aromatic rings. The number of fused-ring (bicyclic) bond motifs is 1. The first-order valence-corrected chi connectivity index (χ1v) is 8.67. The molecule has 0 spiro atoms. The van der Waals surface area contributed by atoms with Crippen LogP contribution < -0.4 is 9.47 Å². The highest BCUT2D eigenvalue weighted by atomic mass is 16.6. The first kappa shape index (κ1) is 15.4. The second-order valence-electron chi connectivity index (χ2n) is 6.74. The van der Waals surface area contributed by atoms with Crippen LogP contribution in [0.1, 0.15) is 55.9 Å². The summed E-state index contributed by atoms with van der Waals surface area (Å²) >= 11 is 0. The van der Waals surface area contributed by atoms with Crippen molar-refractivity contribution in [3.63, 3.8) is 0 Å². The van der Waals surface area contributed by atoms with Gasteiger partial charge in [-0.2, -0.15) is 4.98 Å². The molecule has 3 heterocycles. The van der Waals surface area contributed by atoms with E-state index >= 15 is 0 Å². The number of rotatable bonds is 4. The zero-order valence-corrected chi connectivity index (χ0v) is 14.2. The number of benzene rings is 1. The first-order chi connectivity index (χ1) is 11.7. The lowest BCUT2D eigenvalue weighted by Crippen LogP contribution is -2.24. The normalized spacial score (nSPS) is 20.7. The Hall–Kier alpha value is -2.08. The summed E-state index contributed by atoms with van der Waals surface area (Å²) in [5, 5.41) is 4.13. The third-order valence-corrected chi connectivity index (χ3v) is 4.64. The van der Waals surface area contributed by atoms with Gasteiger partial charge in [-0.25, -0.2) is 0 Å². The van der Waals surface area contributed by atoms with E-state index in [1.54, 1.807) is 0 Å². The first-order valence-electron chi connectivity index (χ1n) is 8.67. The van der Waals surface area contributed by atoms with Crippen molar-refractivity contribution in [3.05, 3.63) is 35.5 Å². The highest BCUT2D eigenvalue weighted by molar-refractivity contribution is 5.44. The molecule has 4 rings (SSSR count). The quantitative estimate of drug-likeness (QED) is 0.858. The van der Waals surface area contributed by atoms with E-state index in [4.69, 9.17) is 14.0 Å². The average Bonchev–Trinajstić information content (AvgIpc) is 3.24. The van der Waals surface area contributed by atoms with Gasteiger partial charge in [0.05, 0.1) is 6.54 Å². The fourth-order valence-corrected chi connectivity index (χ4v) is 3.41. The molecule has 1 atom stereocenters. The molecule has 0 radical (unpaired) electrons. The lowest BCUT2D eigenvalue weighted by molar-refractivity contribution is 0.170. The second-order valence-corrected chi connectivity index (χ2v) is 6.74. The maximum Gasteiger partial charge on any atom is 0.229 e. The van der Waals surface area contributed by atoms with Gasteiger partial charge in [-0.05, 0) is 37.1 Å². The molecular formula is C18H23N3O3. The van der Waals surface area contributed by atoms with Crippen LogP contribution in [0.4, 0.5) is 0 Å². The van der Waals surface area contributed by atoms with Crippen LogP contribution in [0.2, 0.25) is 0 Å². The Kier molecular flexibility index (Phi) is 4.14. The molecule has 0 unspecified atom stereocenters. The zero-order valence-electron chi connectivity index (χ0n) is 14.2. The second kappa shape index (κ2) is 6.43. The standard InChI is InChI=1S/C18H23N3O3/c1-12(2)18-19-17(20-24-18)11-21-7-3-4-14(21)13-5-6-15-16(10-13)23-9-8-22-15/h5-6,10,12,14H,3-4,7-9,11H2,1-2H3/t14-/m1/s1. The van der Waals surface area contributed by atoms with Crippen molar-refractivity contribution in [1.29, 1.82) is 0 Å². The molecule has 0 aliphatic carbocycles. The maximum absolute atomic E-state index is 5.72. The largest absolute Gasteiger partial charge is 0.486 e. The van der Waals surface area contributed by atoms with Crippen molar-refractivity contribution >= 4 is 0 Å². The summed E-state index contributed by atoms with van der Waals surface area (Å²) in [4.78, 5) is 6.92. The predicted molar refractivity (Wildman–Crippen MR) is 88.2 cm³/mol. The zero-order chi connectivity index (χ0) is 16.5. The molecule has 24 heavy (non-hydrogen) atoms. The van der Waals surface area contributed by atoms with Crippen molar-refractivity contribution in [2.24, 2.45) is 0 Å². The van der Waals surface area contributed by atoms with E-state index in [1.807, 2.05) is 6.07 Å². The summed E-state index contributed by atoms with van der Waals surface area (Å²) in [7, 11) is 0. The summed E-state index contributed by atoms with van der Waals surface area (Å²) in [6, 6.07) is 6.65. The molecular weight excluding hydrogens is 306 g/mol. The Morgan fingerprint density at radius 2 is 2.04 bits per heavy atom. The molecule has 6 heteroatoms. The van der Waals surface area contributed by atoms with Gasteiger partial charge >= 0.3 is 0 Å². The summed E-state index contributed by atoms with van der Waals surface area (Å²) in [5.41, 5.74) is 1.27. The molecule has 0 amide bonds. The molecule has 1 fully saturated rings. The Balaban J connectivity index is 1.52. The van der Waals surface area contributed by atoms with Crippen LogP contribution in [0, 0.1) is 0 Å². The van der Waals surface area contributed by atoms with Gasteiger partial charge in [0.2, 0.25) is 5.89 Å². The molecule has 1 aromatic carbocycles. The topological polar surface area (TPSA) is 60.6 Å². The maximum atomic E-state index is 5.72. The molecule has 1 saturated heterocycles. The van der Waals surface area contributed by atoms with Crippen molar-refractivity contribution in [1.82, 2.24) is 15.0 Å². The minimum absolute atomic E-state index is 0.262. The summed E-state index contributed by atoms with van der Waals surface area (Å²) in [5.74, 6) is 3.43. The van der Waals surface area contributed by atoms with Crippen LogP contribution in [-0.2, 0) is 6.54 Å². The van der Waals surface area contributed by atoms with E-state index in [9.17, 15) is 0 Å². The number of likely N-dealkylation sites (tertiary alicyclic amines) is 1. The van der Waals surface area contributed by atoms with Crippen molar-refractivity contribution in [2.45, 2.75) is 45.2 Å². The SMILES string of the molecule is CC(C)c1nc(CN2CCC[C@@H]2c2ccc3c(c2)OCCO3)no1. The number of aromatic nitrogens is 2. The number of hydrogen-bond acceptors (Lipinski definition) is 6. The third kappa shape index (κ3) is 2.98. The number of nitrogens with zero attached hydrogens (tertiary/aromatic N) is 3. The predicted octanol–water partition coefficient (Wildman–Crippen LogP) is 3.30.